The van der Waals surface area contributed by atoms with Crippen molar-refractivity contribution in [1.29, 1.82) is 0 Å². The summed E-state index contributed by atoms with van der Waals surface area (Å²) in [6.45, 7) is 5.61. The third-order valence-electron chi connectivity index (χ3n) is 3.93. The van der Waals surface area contributed by atoms with E-state index in [1.54, 1.807) is 6.26 Å². The fourth-order valence-corrected chi connectivity index (χ4v) is 3.01. The summed E-state index contributed by atoms with van der Waals surface area (Å²) in [5, 5.41) is 3.58. The monoisotopic (exact) mass is 250 g/mol. The number of likely N-dealkylation sites (tertiary alicyclic amines) is 1. The van der Waals surface area contributed by atoms with Gasteiger partial charge >= 0.3 is 0 Å². The second-order valence-electron chi connectivity index (χ2n) is 5.40. The van der Waals surface area contributed by atoms with Crippen LogP contribution in [-0.2, 0) is 0 Å². The van der Waals surface area contributed by atoms with E-state index in [4.69, 9.17) is 4.42 Å². The van der Waals surface area contributed by atoms with Crippen LogP contribution in [0, 0.1) is 5.92 Å². The molecule has 0 radical (unpaired) electrons. The van der Waals surface area contributed by atoms with Crippen molar-refractivity contribution in [3.63, 3.8) is 0 Å². The van der Waals surface area contributed by atoms with Crippen molar-refractivity contribution in [3.05, 3.63) is 24.2 Å². The highest BCUT2D eigenvalue weighted by atomic mass is 16.3. The lowest BCUT2D eigenvalue weighted by Crippen LogP contribution is -2.34. The fourth-order valence-electron chi connectivity index (χ4n) is 3.01. The van der Waals surface area contributed by atoms with Crippen LogP contribution in [0.2, 0.25) is 0 Å². The number of furan rings is 1. The van der Waals surface area contributed by atoms with Gasteiger partial charge < -0.3 is 9.73 Å². The molecular weight excluding hydrogens is 224 g/mol. The van der Waals surface area contributed by atoms with Gasteiger partial charge in [-0.1, -0.05) is 13.3 Å². The van der Waals surface area contributed by atoms with Crippen LogP contribution < -0.4 is 5.32 Å². The van der Waals surface area contributed by atoms with E-state index in [1.807, 2.05) is 6.07 Å². The van der Waals surface area contributed by atoms with Gasteiger partial charge in [0.25, 0.3) is 0 Å². The maximum Gasteiger partial charge on any atom is 0.121 e. The van der Waals surface area contributed by atoms with Crippen molar-refractivity contribution >= 4 is 0 Å². The van der Waals surface area contributed by atoms with Crippen LogP contribution in [0.25, 0.3) is 0 Å². The molecule has 18 heavy (non-hydrogen) atoms. The normalized spacial score (nSPS) is 26.1. The Labute approximate surface area is 111 Å². The molecule has 1 aromatic rings. The van der Waals surface area contributed by atoms with Gasteiger partial charge in [-0.2, -0.15) is 0 Å². The lowest BCUT2D eigenvalue weighted by atomic mass is 9.93. The minimum Gasteiger partial charge on any atom is -0.468 e. The lowest BCUT2D eigenvalue weighted by Gasteiger charge is -2.31. The molecule has 0 spiro atoms. The predicted octanol–water partition coefficient (Wildman–Crippen LogP) is 3.05. The Bertz CT molecular complexity index is 323. The Morgan fingerprint density at radius 3 is 3.06 bits per heavy atom. The van der Waals surface area contributed by atoms with E-state index in [1.165, 1.54) is 32.2 Å². The van der Waals surface area contributed by atoms with Gasteiger partial charge in [0.1, 0.15) is 5.76 Å². The third-order valence-corrected chi connectivity index (χ3v) is 3.93. The highest BCUT2D eigenvalue weighted by molar-refractivity contribution is 5.07. The maximum atomic E-state index is 5.67. The van der Waals surface area contributed by atoms with Crippen LogP contribution >= 0.6 is 0 Å². The summed E-state index contributed by atoms with van der Waals surface area (Å²) in [6, 6.07) is 4.57. The quantitative estimate of drug-likeness (QED) is 0.814. The molecule has 0 amide bonds. The molecule has 2 unspecified atom stereocenters. The number of rotatable bonds is 5. The van der Waals surface area contributed by atoms with Crippen LogP contribution in [0.3, 0.4) is 0 Å². The van der Waals surface area contributed by atoms with Crippen LogP contribution in [0.5, 0.6) is 0 Å². The van der Waals surface area contributed by atoms with E-state index in [0.717, 1.165) is 18.8 Å². The first-order valence-corrected chi connectivity index (χ1v) is 7.27. The molecule has 1 aliphatic rings. The predicted molar refractivity (Wildman–Crippen MR) is 74.6 cm³/mol. The molecule has 2 heterocycles. The molecule has 1 saturated heterocycles. The first-order valence-electron chi connectivity index (χ1n) is 7.27. The summed E-state index contributed by atoms with van der Waals surface area (Å²) in [4.78, 5) is 2.46. The Morgan fingerprint density at radius 1 is 1.44 bits per heavy atom. The SMILES string of the molecule is CCCNCC1CCCCN(C)C1c1ccco1. The van der Waals surface area contributed by atoms with Gasteiger partial charge in [-0.15, -0.1) is 0 Å². The van der Waals surface area contributed by atoms with Crippen LogP contribution in [0.1, 0.15) is 44.4 Å². The largest absolute Gasteiger partial charge is 0.468 e. The van der Waals surface area contributed by atoms with Crippen molar-refractivity contribution in [2.75, 3.05) is 26.7 Å². The second kappa shape index (κ2) is 6.95. The summed E-state index contributed by atoms with van der Waals surface area (Å²) < 4.78 is 5.67. The number of nitrogens with one attached hydrogen (secondary N) is 1. The number of nitrogens with zero attached hydrogens (tertiary/aromatic N) is 1. The van der Waals surface area contributed by atoms with E-state index in [-0.39, 0.29) is 0 Å². The van der Waals surface area contributed by atoms with Gasteiger partial charge in [-0.3, -0.25) is 4.90 Å². The minimum atomic E-state index is 0.437. The molecule has 1 aromatic heterocycles. The first-order chi connectivity index (χ1) is 8.83. The van der Waals surface area contributed by atoms with Gasteiger partial charge in [-0.25, -0.2) is 0 Å². The molecule has 0 bridgehead atoms. The van der Waals surface area contributed by atoms with E-state index < -0.39 is 0 Å². The third kappa shape index (κ3) is 3.36. The molecule has 0 aromatic carbocycles. The summed E-state index contributed by atoms with van der Waals surface area (Å²) in [6.07, 6.45) is 6.93. The van der Waals surface area contributed by atoms with Crippen molar-refractivity contribution in [1.82, 2.24) is 10.2 Å². The van der Waals surface area contributed by atoms with Crippen molar-refractivity contribution in [3.8, 4) is 0 Å². The lowest BCUT2D eigenvalue weighted by molar-refractivity contribution is 0.163. The molecule has 0 saturated carbocycles. The van der Waals surface area contributed by atoms with Gasteiger partial charge in [0.15, 0.2) is 0 Å². The summed E-state index contributed by atoms with van der Waals surface area (Å²) in [5.41, 5.74) is 0. The molecule has 3 nitrogen and oxygen atoms in total. The minimum absolute atomic E-state index is 0.437. The maximum absolute atomic E-state index is 5.67. The zero-order valence-corrected chi connectivity index (χ0v) is 11.7. The summed E-state index contributed by atoms with van der Waals surface area (Å²) in [5.74, 6) is 1.79. The molecule has 1 N–H and O–H groups in total. The van der Waals surface area contributed by atoms with E-state index >= 15 is 0 Å². The molecule has 2 rings (SSSR count). The smallest absolute Gasteiger partial charge is 0.121 e. The Morgan fingerprint density at radius 2 is 2.33 bits per heavy atom. The molecule has 1 fully saturated rings. The van der Waals surface area contributed by atoms with Crippen molar-refractivity contribution < 1.29 is 4.42 Å². The molecule has 0 aliphatic carbocycles. The molecule has 102 valence electrons. The van der Waals surface area contributed by atoms with Crippen molar-refractivity contribution in [2.45, 2.75) is 38.6 Å². The number of hydrogen-bond acceptors (Lipinski definition) is 3. The molecule has 1 aliphatic heterocycles. The topological polar surface area (TPSA) is 28.4 Å². The van der Waals surface area contributed by atoms with Gasteiger partial charge in [-0.05, 0) is 64.0 Å². The van der Waals surface area contributed by atoms with E-state index in [0.29, 0.717) is 12.0 Å². The molecule has 3 heteroatoms. The molecule has 2 atom stereocenters. The van der Waals surface area contributed by atoms with Crippen LogP contribution in [-0.4, -0.2) is 31.6 Å². The van der Waals surface area contributed by atoms with Crippen LogP contribution in [0.15, 0.2) is 22.8 Å². The number of hydrogen-bond donors (Lipinski definition) is 1. The Hall–Kier alpha value is -0.800. The molecular formula is C15H26N2O. The zero-order valence-electron chi connectivity index (χ0n) is 11.7. The Kier molecular flexibility index (Phi) is 5.26. The average Bonchev–Trinajstić information content (AvgIpc) is 2.82. The first kappa shape index (κ1) is 13.6. The van der Waals surface area contributed by atoms with Crippen LogP contribution in [0.4, 0.5) is 0 Å². The Balaban J connectivity index is 2.06. The summed E-state index contributed by atoms with van der Waals surface area (Å²) >= 11 is 0. The van der Waals surface area contributed by atoms with Gasteiger partial charge in [0.2, 0.25) is 0 Å². The highest BCUT2D eigenvalue weighted by Crippen LogP contribution is 2.33. The van der Waals surface area contributed by atoms with Gasteiger partial charge in [0.05, 0.1) is 12.3 Å². The van der Waals surface area contributed by atoms with E-state index in [9.17, 15) is 0 Å². The fraction of sp³-hybridized carbons (Fsp3) is 0.733. The van der Waals surface area contributed by atoms with Gasteiger partial charge in [0, 0.05) is 0 Å². The standard InChI is InChI=1S/C15H26N2O/c1-3-9-16-12-13-7-4-5-10-17(2)15(13)14-8-6-11-18-14/h6,8,11,13,15-16H,3-5,7,9-10,12H2,1-2H3. The van der Waals surface area contributed by atoms with E-state index in [2.05, 4.69) is 30.3 Å². The second-order valence-corrected chi connectivity index (χ2v) is 5.40. The summed E-state index contributed by atoms with van der Waals surface area (Å²) in [7, 11) is 2.23. The highest BCUT2D eigenvalue weighted by Gasteiger charge is 2.30. The average molecular weight is 250 g/mol. The zero-order chi connectivity index (χ0) is 12.8. The van der Waals surface area contributed by atoms with Crippen molar-refractivity contribution in [2.24, 2.45) is 5.92 Å².